The highest BCUT2D eigenvalue weighted by molar-refractivity contribution is 8.00. The zero-order chi connectivity index (χ0) is 21.8. The van der Waals surface area contributed by atoms with Crippen LogP contribution in [-0.2, 0) is 23.1 Å². The highest BCUT2D eigenvalue weighted by Crippen LogP contribution is 2.26. The van der Waals surface area contributed by atoms with E-state index in [2.05, 4.69) is 26.3 Å². The fourth-order valence-corrected chi connectivity index (χ4v) is 5.32. The van der Waals surface area contributed by atoms with Crippen molar-refractivity contribution in [2.75, 3.05) is 24.7 Å². The van der Waals surface area contributed by atoms with Crippen LogP contribution >= 0.6 is 0 Å². The summed E-state index contributed by atoms with van der Waals surface area (Å²) in [6.45, 7) is 1.65. The number of amides is 1. The van der Waals surface area contributed by atoms with Crippen LogP contribution in [0.5, 0.6) is 0 Å². The second-order valence-corrected chi connectivity index (χ2v) is 11.0. The number of hydrogen-bond donors (Lipinski definition) is 1. The van der Waals surface area contributed by atoms with Crippen LogP contribution in [0, 0.1) is 0 Å². The molecule has 160 valence electrons. The van der Waals surface area contributed by atoms with Gasteiger partial charge in [0.1, 0.15) is 5.69 Å². The number of aliphatic imine (C=N–C) groups is 1. The van der Waals surface area contributed by atoms with Crippen LogP contribution < -0.4 is 5.32 Å². The summed E-state index contributed by atoms with van der Waals surface area (Å²) in [4.78, 5) is 23.9. The second-order valence-electron chi connectivity index (χ2n) is 8.24. The third-order valence-corrected chi connectivity index (χ3v) is 7.77. The zero-order valence-corrected chi connectivity index (χ0v) is 18.4. The minimum atomic E-state index is -2.17. The fourth-order valence-electron chi connectivity index (χ4n) is 4.22. The number of rotatable bonds is 3. The van der Waals surface area contributed by atoms with Gasteiger partial charge in [0.05, 0.1) is 12.1 Å². The quantitative estimate of drug-likeness (QED) is 0.633. The molecule has 1 amide bonds. The lowest BCUT2D eigenvalue weighted by Gasteiger charge is -2.16. The maximum Gasteiger partial charge on any atom is 0.275 e. The highest BCUT2D eigenvalue weighted by Gasteiger charge is 2.32. The Bertz CT molecular complexity index is 1340. The zero-order valence-electron chi connectivity index (χ0n) is 17.5. The minimum absolute atomic E-state index is 0.0640. The number of fused-ring (bicyclic) bond motifs is 2. The van der Waals surface area contributed by atoms with Gasteiger partial charge < -0.3 is 10.2 Å². The first-order valence-electron chi connectivity index (χ1n) is 10.1. The fraction of sp³-hybridized carbons (Fsp3) is 0.318. The standard InChI is InChI=1S/C22H24N6O2S/c1-27-18-11-15(25-21-19-14(12-24-21)5-4-9-23-19)6-7-17(18)20(26-27)22(29)28-10-8-16(13-28)31(2,3)30/h4-7,9,11,16H,2,8,10,12-13H2,1,3H3,(H,24,25). The summed E-state index contributed by atoms with van der Waals surface area (Å²) in [7, 11) is -0.343. The van der Waals surface area contributed by atoms with Crippen molar-refractivity contribution in [3.05, 3.63) is 53.5 Å². The molecule has 1 fully saturated rings. The topological polar surface area (TPSA) is 92.5 Å². The van der Waals surface area contributed by atoms with Crippen LogP contribution in [0.15, 0.2) is 41.5 Å². The number of aromatic nitrogens is 3. The summed E-state index contributed by atoms with van der Waals surface area (Å²) in [6, 6.07) is 9.73. The van der Waals surface area contributed by atoms with E-state index in [1.807, 2.05) is 37.4 Å². The summed E-state index contributed by atoms with van der Waals surface area (Å²) in [6.07, 6.45) is 4.14. The van der Waals surface area contributed by atoms with E-state index in [0.717, 1.165) is 33.7 Å². The summed E-state index contributed by atoms with van der Waals surface area (Å²) in [5.74, 6) is 4.40. The molecule has 8 nitrogen and oxygen atoms in total. The van der Waals surface area contributed by atoms with E-state index < -0.39 is 9.52 Å². The first-order chi connectivity index (χ1) is 14.8. The van der Waals surface area contributed by atoms with Crippen molar-refractivity contribution in [3.63, 3.8) is 0 Å². The Morgan fingerprint density at radius 1 is 1.32 bits per heavy atom. The number of nitrogens with zero attached hydrogens (tertiary/aromatic N) is 5. The molecule has 2 aliphatic heterocycles. The van der Waals surface area contributed by atoms with Crippen LogP contribution in [-0.4, -0.2) is 66.1 Å². The second kappa shape index (κ2) is 7.19. The van der Waals surface area contributed by atoms with E-state index in [4.69, 9.17) is 0 Å². The smallest absolute Gasteiger partial charge is 0.275 e. The molecule has 0 spiro atoms. The first-order valence-corrected chi connectivity index (χ1v) is 12.3. The number of amidine groups is 1. The number of hydrogen-bond acceptors (Lipinski definition) is 6. The monoisotopic (exact) mass is 436 g/mol. The Morgan fingerprint density at radius 2 is 2.16 bits per heavy atom. The predicted molar refractivity (Wildman–Crippen MR) is 124 cm³/mol. The predicted octanol–water partition coefficient (Wildman–Crippen LogP) is 1.90. The maximum absolute atomic E-state index is 13.1. The molecule has 1 saturated heterocycles. The Labute approximate surface area is 181 Å². The lowest BCUT2D eigenvalue weighted by molar-refractivity contribution is 0.0788. The van der Waals surface area contributed by atoms with Gasteiger partial charge in [0.25, 0.3) is 5.91 Å². The number of anilines is 1. The number of aryl methyl sites for hydroxylation is 1. The van der Waals surface area contributed by atoms with Crippen molar-refractivity contribution < 1.29 is 9.00 Å². The van der Waals surface area contributed by atoms with Gasteiger partial charge in [-0.2, -0.15) is 5.10 Å². The molecule has 2 atom stereocenters. The summed E-state index contributed by atoms with van der Waals surface area (Å²) >= 11 is 0. The van der Waals surface area contributed by atoms with Gasteiger partial charge in [-0.1, -0.05) is 6.07 Å². The van der Waals surface area contributed by atoms with E-state index in [0.29, 0.717) is 31.7 Å². The molecule has 0 aliphatic carbocycles. The number of carbonyl (C=O) groups excluding carboxylic acids is 1. The molecule has 3 aromatic rings. The molecule has 4 heterocycles. The third-order valence-electron chi connectivity index (χ3n) is 5.98. The van der Waals surface area contributed by atoms with Crippen LogP contribution in [0.25, 0.3) is 10.9 Å². The van der Waals surface area contributed by atoms with Gasteiger partial charge in [0.15, 0.2) is 11.5 Å². The molecule has 2 aromatic heterocycles. The molecule has 2 unspecified atom stereocenters. The van der Waals surface area contributed by atoms with Gasteiger partial charge in [-0.15, -0.1) is 0 Å². The molecule has 2 aliphatic rings. The van der Waals surface area contributed by atoms with Crippen molar-refractivity contribution in [3.8, 4) is 0 Å². The van der Waals surface area contributed by atoms with E-state index in [1.54, 1.807) is 22.0 Å². The number of benzene rings is 1. The largest absolute Gasteiger partial charge is 0.339 e. The summed E-state index contributed by atoms with van der Waals surface area (Å²) in [5, 5.41) is 8.57. The van der Waals surface area contributed by atoms with Crippen LogP contribution in [0.2, 0.25) is 0 Å². The lowest BCUT2D eigenvalue weighted by Crippen LogP contribution is -2.32. The average Bonchev–Trinajstić information content (AvgIpc) is 3.46. The third kappa shape index (κ3) is 3.48. The Kier molecular flexibility index (Phi) is 4.58. The first kappa shape index (κ1) is 19.7. The average molecular weight is 437 g/mol. The van der Waals surface area contributed by atoms with Crippen molar-refractivity contribution in [1.29, 1.82) is 0 Å². The molecule has 31 heavy (non-hydrogen) atoms. The maximum atomic E-state index is 13.1. The van der Waals surface area contributed by atoms with Gasteiger partial charge in [0.2, 0.25) is 0 Å². The van der Waals surface area contributed by atoms with Crippen LogP contribution in [0.1, 0.15) is 28.2 Å². The van der Waals surface area contributed by atoms with Crippen molar-refractivity contribution in [1.82, 2.24) is 19.7 Å². The number of pyridine rings is 1. The van der Waals surface area contributed by atoms with E-state index in [-0.39, 0.29) is 11.2 Å². The normalized spacial score (nSPS) is 19.9. The molecule has 0 saturated carbocycles. The summed E-state index contributed by atoms with van der Waals surface area (Å²) in [5.41, 5.74) is 4.09. The van der Waals surface area contributed by atoms with Crippen molar-refractivity contribution in [2.24, 2.45) is 12.0 Å². The highest BCUT2D eigenvalue weighted by atomic mass is 32.2. The van der Waals surface area contributed by atoms with Crippen molar-refractivity contribution >= 4 is 43.7 Å². The Hall–Kier alpha value is -3.20. The van der Waals surface area contributed by atoms with Gasteiger partial charge in [0, 0.05) is 54.5 Å². The number of nitrogens with one attached hydrogen (secondary N) is 1. The molecule has 5 rings (SSSR count). The molecular formula is C22H24N6O2S. The molecule has 1 N–H and O–H groups in total. The van der Waals surface area contributed by atoms with Crippen molar-refractivity contribution in [2.45, 2.75) is 18.2 Å². The van der Waals surface area contributed by atoms with Gasteiger partial charge in [-0.3, -0.25) is 23.7 Å². The molecule has 0 bridgehead atoms. The van der Waals surface area contributed by atoms with Gasteiger partial charge in [-0.05, 0) is 46.1 Å². The van der Waals surface area contributed by atoms with E-state index in [1.165, 1.54) is 0 Å². The van der Waals surface area contributed by atoms with Crippen LogP contribution in [0.3, 0.4) is 0 Å². The van der Waals surface area contributed by atoms with Gasteiger partial charge in [-0.25, -0.2) is 0 Å². The Morgan fingerprint density at radius 3 is 2.94 bits per heavy atom. The molecular weight excluding hydrogens is 412 g/mol. The molecule has 0 radical (unpaired) electrons. The molecule has 9 heteroatoms. The minimum Gasteiger partial charge on any atom is -0.339 e. The molecule has 1 aromatic carbocycles. The number of likely N-dealkylation sites (tertiary alicyclic amines) is 1. The summed E-state index contributed by atoms with van der Waals surface area (Å²) < 4.78 is 14.0. The van der Waals surface area contributed by atoms with Crippen LogP contribution in [0.4, 0.5) is 5.69 Å². The van der Waals surface area contributed by atoms with E-state index >= 15 is 0 Å². The Balaban J connectivity index is 1.41. The SMILES string of the molecule is C=S(C)(=O)C1CCN(C(=O)c2nn(C)c3cc(NC4=NCc5cccnc54)ccc23)C1. The lowest BCUT2D eigenvalue weighted by atomic mass is 10.1. The number of carbonyl (C=O) groups is 1. The van der Waals surface area contributed by atoms with E-state index in [9.17, 15) is 9.00 Å². The van der Waals surface area contributed by atoms with Gasteiger partial charge >= 0.3 is 0 Å².